The van der Waals surface area contributed by atoms with Gasteiger partial charge in [0.1, 0.15) is 5.75 Å². The molecule has 0 saturated heterocycles. The summed E-state index contributed by atoms with van der Waals surface area (Å²) in [7, 11) is -1.37. The van der Waals surface area contributed by atoms with E-state index in [9.17, 15) is 18.0 Å². The molecule has 0 aliphatic carbocycles. The van der Waals surface area contributed by atoms with Crippen molar-refractivity contribution in [1.82, 2.24) is 5.32 Å². The molecule has 8 nitrogen and oxygen atoms in total. The van der Waals surface area contributed by atoms with Crippen LogP contribution in [0.15, 0.2) is 41.3 Å². The molecular formula is C19H22N2O6S. The van der Waals surface area contributed by atoms with Crippen LogP contribution in [-0.2, 0) is 14.8 Å². The van der Waals surface area contributed by atoms with E-state index >= 15 is 0 Å². The third kappa shape index (κ3) is 4.42. The number of carbonyl (C=O) groups excluding carboxylic acids is 2. The molecule has 0 atom stereocenters. The molecule has 1 amide bonds. The fourth-order valence-corrected chi connectivity index (χ4v) is 3.72. The third-order valence-corrected chi connectivity index (χ3v) is 5.41. The standard InChI is InChI=1S/C19H22N2O6S/c1-5-20-18(22)15-11-13(9-10-17(15)26-3)28(24,25)21-16-8-6-7-14(12(16)2)19(23)27-4/h6-11,21H,5H2,1-4H3,(H,20,22). The average Bonchev–Trinajstić information content (AvgIpc) is 2.68. The van der Waals surface area contributed by atoms with Gasteiger partial charge >= 0.3 is 5.97 Å². The second-order valence-corrected chi connectivity index (χ2v) is 7.48. The van der Waals surface area contributed by atoms with Crippen LogP contribution < -0.4 is 14.8 Å². The monoisotopic (exact) mass is 406 g/mol. The van der Waals surface area contributed by atoms with Gasteiger partial charge in [0.15, 0.2) is 0 Å². The minimum atomic E-state index is -4.02. The Labute approximate surface area is 163 Å². The molecule has 0 heterocycles. The Hall–Kier alpha value is -3.07. The van der Waals surface area contributed by atoms with Crippen LogP contribution in [-0.4, -0.2) is 41.1 Å². The molecule has 9 heteroatoms. The number of sulfonamides is 1. The van der Waals surface area contributed by atoms with Crippen molar-refractivity contribution >= 4 is 27.6 Å². The van der Waals surface area contributed by atoms with E-state index in [1.165, 1.54) is 38.5 Å². The summed E-state index contributed by atoms with van der Waals surface area (Å²) in [5, 5.41) is 2.61. The van der Waals surface area contributed by atoms with Crippen molar-refractivity contribution in [3.63, 3.8) is 0 Å². The lowest BCUT2D eigenvalue weighted by molar-refractivity contribution is 0.0599. The molecule has 0 fully saturated rings. The Balaban J connectivity index is 2.45. The maximum absolute atomic E-state index is 12.8. The van der Waals surface area contributed by atoms with Gasteiger partial charge in [0.2, 0.25) is 0 Å². The summed E-state index contributed by atoms with van der Waals surface area (Å²) in [6.07, 6.45) is 0. The van der Waals surface area contributed by atoms with Crippen LogP contribution in [0.1, 0.15) is 33.2 Å². The van der Waals surface area contributed by atoms with E-state index in [1.807, 2.05) is 0 Å². The Morgan fingerprint density at radius 3 is 2.39 bits per heavy atom. The summed E-state index contributed by atoms with van der Waals surface area (Å²) >= 11 is 0. The van der Waals surface area contributed by atoms with Gasteiger partial charge in [0.05, 0.1) is 35.9 Å². The zero-order valence-corrected chi connectivity index (χ0v) is 16.8. The Morgan fingerprint density at radius 1 is 1.07 bits per heavy atom. The van der Waals surface area contributed by atoms with Crippen LogP contribution in [0.2, 0.25) is 0 Å². The van der Waals surface area contributed by atoms with E-state index in [2.05, 4.69) is 10.0 Å². The molecule has 2 N–H and O–H groups in total. The predicted molar refractivity (Wildman–Crippen MR) is 104 cm³/mol. The summed E-state index contributed by atoms with van der Waals surface area (Å²) in [5.41, 5.74) is 1.02. The first-order chi connectivity index (χ1) is 13.2. The lowest BCUT2D eigenvalue weighted by Crippen LogP contribution is -2.24. The van der Waals surface area contributed by atoms with E-state index in [4.69, 9.17) is 9.47 Å². The first-order valence-electron chi connectivity index (χ1n) is 8.42. The van der Waals surface area contributed by atoms with Crippen LogP contribution in [0.5, 0.6) is 5.75 Å². The summed E-state index contributed by atoms with van der Waals surface area (Å²) in [4.78, 5) is 23.9. The number of carbonyl (C=O) groups is 2. The molecule has 0 unspecified atom stereocenters. The van der Waals surface area contributed by atoms with Crippen molar-refractivity contribution in [3.05, 3.63) is 53.1 Å². The number of hydrogen-bond acceptors (Lipinski definition) is 6. The van der Waals surface area contributed by atoms with Crippen LogP contribution in [0.4, 0.5) is 5.69 Å². The third-order valence-electron chi connectivity index (χ3n) is 4.05. The highest BCUT2D eigenvalue weighted by Crippen LogP contribution is 2.26. The van der Waals surface area contributed by atoms with Crippen LogP contribution >= 0.6 is 0 Å². The van der Waals surface area contributed by atoms with Gasteiger partial charge in [-0.3, -0.25) is 9.52 Å². The van der Waals surface area contributed by atoms with Crippen molar-refractivity contribution in [2.75, 3.05) is 25.5 Å². The van der Waals surface area contributed by atoms with E-state index in [0.29, 0.717) is 12.1 Å². The molecule has 0 radical (unpaired) electrons. The smallest absolute Gasteiger partial charge is 0.338 e. The van der Waals surface area contributed by atoms with Crippen molar-refractivity contribution in [3.8, 4) is 5.75 Å². The van der Waals surface area contributed by atoms with E-state index in [1.54, 1.807) is 26.0 Å². The molecule has 28 heavy (non-hydrogen) atoms. The SMILES string of the molecule is CCNC(=O)c1cc(S(=O)(=O)Nc2cccc(C(=O)OC)c2C)ccc1OC. The fourth-order valence-electron chi connectivity index (χ4n) is 2.57. The number of esters is 1. The van der Waals surface area contributed by atoms with Gasteiger partial charge in [-0.1, -0.05) is 6.07 Å². The largest absolute Gasteiger partial charge is 0.496 e. The highest BCUT2D eigenvalue weighted by atomic mass is 32.2. The second kappa shape index (κ2) is 8.75. The Bertz CT molecular complexity index is 1000. The van der Waals surface area contributed by atoms with E-state index in [-0.39, 0.29) is 27.5 Å². The lowest BCUT2D eigenvalue weighted by atomic mass is 10.1. The zero-order valence-electron chi connectivity index (χ0n) is 16.0. The molecule has 0 aliphatic heterocycles. The van der Waals surface area contributed by atoms with Gasteiger partial charge in [0.25, 0.3) is 15.9 Å². The van der Waals surface area contributed by atoms with Gasteiger partial charge in [0, 0.05) is 6.54 Å². The van der Waals surface area contributed by atoms with Crippen molar-refractivity contribution in [2.45, 2.75) is 18.7 Å². The summed E-state index contributed by atoms with van der Waals surface area (Å²) in [5.74, 6) is -0.754. The Morgan fingerprint density at radius 2 is 1.79 bits per heavy atom. The summed E-state index contributed by atoms with van der Waals surface area (Å²) < 4.78 is 38.0. The number of ether oxygens (including phenoxy) is 2. The molecule has 0 aliphatic rings. The summed E-state index contributed by atoms with van der Waals surface area (Å²) in [6, 6.07) is 8.62. The van der Waals surface area contributed by atoms with Gasteiger partial charge in [-0.05, 0) is 49.7 Å². The van der Waals surface area contributed by atoms with Gasteiger partial charge in [-0.2, -0.15) is 0 Å². The molecule has 0 saturated carbocycles. The molecule has 150 valence electrons. The molecule has 0 bridgehead atoms. The number of hydrogen-bond donors (Lipinski definition) is 2. The molecule has 2 aromatic carbocycles. The number of methoxy groups -OCH3 is 2. The molecular weight excluding hydrogens is 384 g/mol. The molecule has 2 rings (SSSR count). The molecule has 2 aromatic rings. The van der Waals surface area contributed by atoms with Crippen molar-refractivity contribution < 1.29 is 27.5 Å². The van der Waals surface area contributed by atoms with Gasteiger partial charge in [-0.15, -0.1) is 0 Å². The lowest BCUT2D eigenvalue weighted by Gasteiger charge is -2.14. The van der Waals surface area contributed by atoms with Crippen LogP contribution in [0.25, 0.3) is 0 Å². The molecule has 0 aromatic heterocycles. The number of anilines is 1. The maximum atomic E-state index is 12.8. The predicted octanol–water partition coefficient (Wildman–Crippen LogP) is 2.34. The second-order valence-electron chi connectivity index (χ2n) is 5.80. The normalized spacial score (nSPS) is 10.9. The first kappa shape index (κ1) is 21.2. The minimum absolute atomic E-state index is 0.104. The highest BCUT2D eigenvalue weighted by molar-refractivity contribution is 7.92. The fraction of sp³-hybridized carbons (Fsp3) is 0.263. The van der Waals surface area contributed by atoms with Gasteiger partial charge < -0.3 is 14.8 Å². The van der Waals surface area contributed by atoms with Crippen molar-refractivity contribution in [2.24, 2.45) is 0 Å². The first-order valence-corrected chi connectivity index (χ1v) is 9.90. The Kier molecular flexibility index (Phi) is 6.63. The maximum Gasteiger partial charge on any atom is 0.338 e. The number of benzene rings is 2. The summed E-state index contributed by atoms with van der Waals surface area (Å²) in [6.45, 7) is 3.75. The van der Waals surface area contributed by atoms with Crippen LogP contribution in [0.3, 0.4) is 0 Å². The van der Waals surface area contributed by atoms with Crippen molar-refractivity contribution in [1.29, 1.82) is 0 Å². The minimum Gasteiger partial charge on any atom is -0.496 e. The van der Waals surface area contributed by atoms with E-state index < -0.39 is 21.9 Å². The number of amides is 1. The number of rotatable bonds is 7. The quantitative estimate of drug-likeness (QED) is 0.683. The highest BCUT2D eigenvalue weighted by Gasteiger charge is 2.21. The van der Waals surface area contributed by atoms with Crippen LogP contribution in [0, 0.1) is 6.92 Å². The zero-order chi connectivity index (χ0) is 20.9. The average molecular weight is 406 g/mol. The van der Waals surface area contributed by atoms with Gasteiger partial charge in [-0.25, -0.2) is 13.2 Å². The van der Waals surface area contributed by atoms with E-state index in [0.717, 1.165) is 0 Å². The molecule has 0 spiro atoms. The number of nitrogens with one attached hydrogen (secondary N) is 2. The topological polar surface area (TPSA) is 111 Å².